The van der Waals surface area contributed by atoms with Gasteiger partial charge in [-0.1, -0.05) is 43.3 Å². The van der Waals surface area contributed by atoms with Crippen LogP contribution in [-0.4, -0.2) is 35.1 Å². The molecule has 1 atom stereocenters. The number of para-hydroxylation sites is 2. The van der Waals surface area contributed by atoms with E-state index in [-0.39, 0.29) is 29.2 Å². The predicted molar refractivity (Wildman–Crippen MR) is 128 cm³/mol. The van der Waals surface area contributed by atoms with Gasteiger partial charge in [-0.05, 0) is 56.9 Å². The number of rotatable bonds is 10. The minimum atomic E-state index is -0.168. The third kappa shape index (κ3) is 7.95. The van der Waals surface area contributed by atoms with Gasteiger partial charge in [-0.15, -0.1) is 0 Å². The van der Waals surface area contributed by atoms with E-state index in [4.69, 9.17) is 0 Å². The molecule has 0 bridgehead atoms. The summed E-state index contributed by atoms with van der Waals surface area (Å²) in [5.41, 5.74) is 2.27. The van der Waals surface area contributed by atoms with Crippen LogP contribution in [0.1, 0.15) is 44.7 Å². The van der Waals surface area contributed by atoms with Crippen LogP contribution in [0.2, 0.25) is 0 Å². The Bertz CT molecular complexity index is 995. The lowest BCUT2D eigenvalue weighted by molar-refractivity contribution is -0.118. The molecule has 1 unspecified atom stereocenters. The number of nitrogens with one attached hydrogen (secondary N) is 2. The minimum Gasteiger partial charge on any atom is -0.507 e. The highest BCUT2D eigenvalue weighted by atomic mass is 16.3. The number of phenolic OH excluding ortho intramolecular Hbond substituents is 2. The lowest BCUT2D eigenvalue weighted by Crippen LogP contribution is -2.29. The average Bonchev–Trinajstić information content (AvgIpc) is 2.77. The van der Waals surface area contributed by atoms with Gasteiger partial charge in [0.1, 0.15) is 11.5 Å². The summed E-state index contributed by atoms with van der Waals surface area (Å²) in [5.74, 6) is 0.200. The van der Waals surface area contributed by atoms with Crippen molar-refractivity contribution in [2.24, 2.45) is 5.92 Å². The van der Waals surface area contributed by atoms with Gasteiger partial charge in [-0.3, -0.25) is 9.59 Å². The lowest BCUT2D eigenvalue weighted by Gasteiger charge is -2.13. The number of hydrogen-bond acceptors (Lipinski definition) is 4. The first-order valence-corrected chi connectivity index (χ1v) is 10.8. The Labute approximate surface area is 189 Å². The quantitative estimate of drug-likeness (QED) is 0.330. The van der Waals surface area contributed by atoms with E-state index in [0.29, 0.717) is 35.4 Å². The topological polar surface area (TPSA) is 98.7 Å². The second-order valence-corrected chi connectivity index (χ2v) is 7.99. The fourth-order valence-electron chi connectivity index (χ4n) is 3.12. The first-order chi connectivity index (χ1) is 15.3. The van der Waals surface area contributed by atoms with Crippen molar-refractivity contribution in [2.75, 3.05) is 13.1 Å². The molecule has 0 aliphatic heterocycles. The molecule has 170 valence electrons. The zero-order chi connectivity index (χ0) is 23.5. The Morgan fingerprint density at radius 1 is 0.844 bits per heavy atom. The first-order valence-electron chi connectivity index (χ1n) is 10.8. The fourth-order valence-corrected chi connectivity index (χ4v) is 3.12. The van der Waals surface area contributed by atoms with Crippen molar-refractivity contribution in [1.29, 1.82) is 0 Å². The van der Waals surface area contributed by atoms with E-state index in [1.807, 2.05) is 6.92 Å². The van der Waals surface area contributed by atoms with Gasteiger partial charge in [-0.25, -0.2) is 0 Å². The molecule has 6 heteroatoms. The van der Waals surface area contributed by atoms with Crippen molar-refractivity contribution in [3.63, 3.8) is 0 Å². The summed E-state index contributed by atoms with van der Waals surface area (Å²) in [7, 11) is 0. The molecular weight excluding hydrogens is 404 g/mol. The Morgan fingerprint density at radius 2 is 1.31 bits per heavy atom. The molecule has 0 spiro atoms. The number of amides is 2. The Kier molecular flexibility index (Phi) is 9.54. The van der Waals surface area contributed by atoms with Crippen LogP contribution in [0.15, 0.2) is 59.7 Å². The summed E-state index contributed by atoms with van der Waals surface area (Å²) in [6.07, 6.45) is 4.97. The summed E-state index contributed by atoms with van der Waals surface area (Å²) in [6.45, 7) is 6.55. The number of carbonyl (C=O) groups is 2. The van der Waals surface area contributed by atoms with Crippen molar-refractivity contribution < 1.29 is 19.8 Å². The number of carbonyl (C=O) groups excluding carboxylic acids is 2. The van der Waals surface area contributed by atoms with Crippen LogP contribution in [0.3, 0.4) is 0 Å². The molecule has 2 amide bonds. The number of phenols is 2. The molecule has 0 aliphatic carbocycles. The zero-order valence-electron chi connectivity index (χ0n) is 18.9. The van der Waals surface area contributed by atoms with E-state index in [1.54, 1.807) is 74.5 Å². The van der Waals surface area contributed by atoms with Crippen LogP contribution in [0, 0.1) is 5.92 Å². The molecule has 4 N–H and O–H groups in total. The van der Waals surface area contributed by atoms with E-state index >= 15 is 0 Å². The summed E-state index contributed by atoms with van der Waals surface area (Å²) < 4.78 is 0. The smallest absolute Gasteiger partial charge is 0.246 e. The molecule has 2 rings (SSSR count). The summed E-state index contributed by atoms with van der Waals surface area (Å²) in [5, 5.41) is 25.4. The average molecular weight is 437 g/mol. The molecule has 0 saturated carbocycles. The number of benzene rings is 2. The molecule has 32 heavy (non-hydrogen) atoms. The lowest BCUT2D eigenvalue weighted by atomic mass is 10.0. The van der Waals surface area contributed by atoms with Crippen LogP contribution >= 0.6 is 0 Å². The molecule has 2 aromatic carbocycles. The Balaban J connectivity index is 1.70. The van der Waals surface area contributed by atoms with Gasteiger partial charge in [0.25, 0.3) is 0 Å². The standard InChI is InChI=1S/C26H32N2O4/c1-18(17-28-26(32)20(3)16-22-11-5-7-13-24(22)30)9-8-14-27-25(31)19(2)15-21-10-4-6-12-23(21)29/h4-7,10-13,15-16,18,29-30H,8-9,14,17H2,1-3H3,(H,27,31)(H,28,32)/b19-15+,20-16+. The van der Waals surface area contributed by atoms with Gasteiger partial charge in [0, 0.05) is 35.4 Å². The largest absolute Gasteiger partial charge is 0.507 e. The highest BCUT2D eigenvalue weighted by molar-refractivity contribution is 5.98. The second kappa shape index (κ2) is 12.3. The van der Waals surface area contributed by atoms with Gasteiger partial charge in [0.2, 0.25) is 11.8 Å². The van der Waals surface area contributed by atoms with E-state index in [2.05, 4.69) is 10.6 Å². The van der Waals surface area contributed by atoms with Crippen LogP contribution < -0.4 is 10.6 Å². The van der Waals surface area contributed by atoms with E-state index in [9.17, 15) is 19.8 Å². The van der Waals surface area contributed by atoms with Crippen LogP contribution in [-0.2, 0) is 9.59 Å². The SMILES string of the molecule is C/C(=C\c1ccccc1O)C(=O)NCCCC(C)CNC(=O)/C(C)=C/c1ccccc1O. The van der Waals surface area contributed by atoms with Crippen LogP contribution in [0.4, 0.5) is 0 Å². The van der Waals surface area contributed by atoms with Gasteiger partial charge >= 0.3 is 0 Å². The third-order valence-electron chi connectivity index (χ3n) is 5.10. The van der Waals surface area contributed by atoms with Crippen molar-refractivity contribution >= 4 is 24.0 Å². The van der Waals surface area contributed by atoms with E-state index in [0.717, 1.165) is 12.8 Å². The molecule has 0 aliphatic rings. The summed E-state index contributed by atoms with van der Waals surface area (Å²) in [6, 6.07) is 13.8. The molecule has 0 heterocycles. The van der Waals surface area contributed by atoms with Crippen molar-refractivity contribution in [1.82, 2.24) is 10.6 Å². The van der Waals surface area contributed by atoms with Crippen molar-refractivity contribution in [3.8, 4) is 11.5 Å². The molecular formula is C26H32N2O4. The normalized spacial score (nSPS) is 12.8. The maximum absolute atomic E-state index is 12.3. The van der Waals surface area contributed by atoms with Crippen LogP contribution in [0.25, 0.3) is 12.2 Å². The molecule has 0 fully saturated rings. The fraction of sp³-hybridized carbons (Fsp3) is 0.308. The van der Waals surface area contributed by atoms with Gasteiger partial charge < -0.3 is 20.8 Å². The summed E-state index contributed by atoms with van der Waals surface area (Å²) >= 11 is 0. The highest BCUT2D eigenvalue weighted by Crippen LogP contribution is 2.20. The molecule has 0 saturated heterocycles. The van der Waals surface area contributed by atoms with Crippen molar-refractivity contribution in [2.45, 2.75) is 33.6 Å². The monoisotopic (exact) mass is 436 g/mol. The Hall–Kier alpha value is -3.54. The second-order valence-electron chi connectivity index (χ2n) is 7.99. The van der Waals surface area contributed by atoms with Crippen molar-refractivity contribution in [3.05, 3.63) is 70.8 Å². The maximum atomic E-state index is 12.3. The molecule has 0 aromatic heterocycles. The summed E-state index contributed by atoms with van der Waals surface area (Å²) in [4.78, 5) is 24.5. The van der Waals surface area contributed by atoms with Crippen LogP contribution in [0.5, 0.6) is 11.5 Å². The van der Waals surface area contributed by atoms with E-state index in [1.165, 1.54) is 0 Å². The minimum absolute atomic E-state index is 0.140. The number of hydrogen-bond donors (Lipinski definition) is 4. The first kappa shape index (κ1) is 24.7. The zero-order valence-corrected chi connectivity index (χ0v) is 18.9. The van der Waals surface area contributed by atoms with E-state index < -0.39 is 0 Å². The molecule has 0 radical (unpaired) electrons. The van der Waals surface area contributed by atoms with Gasteiger partial charge in [0.15, 0.2) is 0 Å². The third-order valence-corrected chi connectivity index (χ3v) is 5.10. The Morgan fingerprint density at radius 3 is 1.81 bits per heavy atom. The number of aromatic hydroxyl groups is 2. The maximum Gasteiger partial charge on any atom is 0.246 e. The highest BCUT2D eigenvalue weighted by Gasteiger charge is 2.09. The van der Waals surface area contributed by atoms with Gasteiger partial charge in [-0.2, -0.15) is 0 Å². The van der Waals surface area contributed by atoms with Gasteiger partial charge in [0.05, 0.1) is 0 Å². The predicted octanol–water partition coefficient (Wildman–Crippen LogP) is 4.25. The molecule has 6 nitrogen and oxygen atoms in total. The molecule has 2 aromatic rings.